The first-order chi connectivity index (χ1) is 11.8. The molecule has 0 spiro atoms. The third-order valence-corrected chi connectivity index (χ3v) is 4.36. The molecule has 1 aromatic carbocycles. The van der Waals surface area contributed by atoms with E-state index in [2.05, 4.69) is 10.3 Å². The van der Waals surface area contributed by atoms with Gasteiger partial charge in [0, 0.05) is 18.2 Å². The fourth-order valence-electron chi connectivity index (χ4n) is 3.18. The molecule has 0 radical (unpaired) electrons. The van der Waals surface area contributed by atoms with E-state index >= 15 is 0 Å². The molecule has 132 valence electrons. The predicted octanol–water partition coefficient (Wildman–Crippen LogP) is 3.58. The van der Waals surface area contributed by atoms with Crippen LogP contribution >= 0.6 is 0 Å². The number of ether oxygens (including phenoxy) is 1. The molecule has 0 aliphatic carbocycles. The van der Waals surface area contributed by atoms with E-state index in [1.165, 1.54) is 18.2 Å². The lowest BCUT2D eigenvalue weighted by Gasteiger charge is -2.34. The van der Waals surface area contributed by atoms with Crippen molar-refractivity contribution in [3.05, 3.63) is 52.9 Å². The second kappa shape index (κ2) is 6.52. The number of nitrogens with zero attached hydrogens (tertiary/aromatic N) is 1. The van der Waals surface area contributed by atoms with E-state index < -0.39 is 23.1 Å². The summed E-state index contributed by atoms with van der Waals surface area (Å²) in [6, 6.07) is 4.98. The Balaban J connectivity index is 2.26. The van der Waals surface area contributed by atoms with Gasteiger partial charge >= 0.3 is 5.97 Å². The van der Waals surface area contributed by atoms with Gasteiger partial charge in [-0.3, -0.25) is 0 Å². The maximum Gasteiger partial charge on any atom is 0.356 e. The van der Waals surface area contributed by atoms with Crippen molar-refractivity contribution in [3.8, 4) is 11.1 Å². The number of halogens is 2. The zero-order valence-corrected chi connectivity index (χ0v) is 14.5. The minimum Gasteiger partial charge on any atom is -0.461 e. The van der Waals surface area contributed by atoms with Crippen LogP contribution in [-0.4, -0.2) is 24.1 Å². The monoisotopic (exact) mass is 346 g/mol. The molecular weight excluding hydrogens is 326 g/mol. The van der Waals surface area contributed by atoms with Crippen LogP contribution in [0.1, 0.15) is 42.5 Å². The van der Waals surface area contributed by atoms with Crippen molar-refractivity contribution in [2.75, 3.05) is 13.2 Å². The first kappa shape index (κ1) is 17.5. The molecule has 1 aromatic heterocycles. The molecule has 0 atom stereocenters. The van der Waals surface area contributed by atoms with E-state index in [1.807, 2.05) is 13.8 Å². The number of pyridine rings is 1. The quantitative estimate of drug-likeness (QED) is 0.863. The maximum absolute atomic E-state index is 14.4. The summed E-state index contributed by atoms with van der Waals surface area (Å²) in [5.74, 6) is -1.87. The van der Waals surface area contributed by atoms with E-state index in [0.29, 0.717) is 24.2 Å². The topological polar surface area (TPSA) is 51.2 Å². The third kappa shape index (κ3) is 3.26. The van der Waals surface area contributed by atoms with Crippen LogP contribution in [0.25, 0.3) is 11.1 Å². The van der Waals surface area contributed by atoms with Crippen LogP contribution in [0.5, 0.6) is 0 Å². The van der Waals surface area contributed by atoms with Crippen LogP contribution in [0, 0.1) is 11.6 Å². The van der Waals surface area contributed by atoms with E-state index in [-0.39, 0.29) is 17.9 Å². The van der Waals surface area contributed by atoms with Crippen LogP contribution in [0.3, 0.4) is 0 Å². The van der Waals surface area contributed by atoms with Crippen LogP contribution in [0.15, 0.2) is 24.3 Å². The summed E-state index contributed by atoms with van der Waals surface area (Å²) in [6.07, 6.45) is 0.640. The Kier molecular flexibility index (Phi) is 4.56. The molecule has 0 saturated heterocycles. The van der Waals surface area contributed by atoms with Crippen LogP contribution in [0.2, 0.25) is 0 Å². The molecule has 1 N–H and O–H groups in total. The van der Waals surface area contributed by atoms with Crippen molar-refractivity contribution in [2.45, 2.75) is 32.7 Å². The SMILES string of the molecule is CCOC(=O)c1cc(-c2ccc(F)cc2F)c2c(n1)C(C)(C)NCC2. The minimum absolute atomic E-state index is 0.121. The second-order valence-corrected chi connectivity index (χ2v) is 6.53. The minimum atomic E-state index is -0.667. The predicted molar refractivity (Wildman–Crippen MR) is 90.3 cm³/mol. The molecule has 1 aliphatic heterocycles. The summed E-state index contributed by atoms with van der Waals surface area (Å²) in [5, 5.41) is 3.35. The Morgan fingerprint density at radius 3 is 2.72 bits per heavy atom. The van der Waals surface area contributed by atoms with Crippen molar-refractivity contribution in [3.63, 3.8) is 0 Å². The second-order valence-electron chi connectivity index (χ2n) is 6.53. The number of hydrogen-bond acceptors (Lipinski definition) is 4. The molecule has 25 heavy (non-hydrogen) atoms. The van der Waals surface area contributed by atoms with Crippen molar-refractivity contribution >= 4 is 5.97 Å². The van der Waals surface area contributed by atoms with Gasteiger partial charge in [0.25, 0.3) is 0 Å². The first-order valence-electron chi connectivity index (χ1n) is 8.25. The number of carbonyl (C=O) groups excluding carboxylic acids is 1. The molecule has 3 rings (SSSR count). The Hall–Kier alpha value is -2.34. The van der Waals surface area contributed by atoms with E-state index in [4.69, 9.17) is 4.74 Å². The van der Waals surface area contributed by atoms with E-state index in [0.717, 1.165) is 11.6 Å². The fraction of sp³-hybridized carbons (Fsp3) is 0.368. The molecule has 1 aliphatic rings. The number of carbonyl (C=O) groups is 1. The number of hydrogen-bond donors (Lipinski definition) is 1. The normalized spacial score (nSPS) is 15.6. The number of nitrogens with one attached hydrogen (secondary N) is 1. The van der Waals surface area contributed by atoms with Gasteiger partial charge in [0.1, 0.15) is 17.3 Å². The lowest BCUT2D eigenvalue weighted by molar-refractivity contribution is 0.0518. The zero-order valence-electron chi connectivity index (χ0n) is 14.5. The Morgan fingerprint density at radius 2 is 2.04 bits per heavy atom. The summed E-state index contributed by atoms with van der Waals surface area (Å²) in [5.41, 5.74) is 2.01. The van der Waals surface area contributed by atoms with Gasteiger partial charge in [-0.15, -0.1) is 0 Å². The highest BCUT2D eigenvalue weighted by Gasteiger charge is 2.32. The number of aromatic nitrogens is 1. The van der Waals surface area contributed by atoms with Crippen LogP contribution in [-0.2, 0) is 16.7 Å². The Bertz CT molecular complexity index is 834. The van der Waals surface area contributed by atoms with Crippen molar-refractivity contribution in [1.29, 1.82) is 0 Å². The maximum atomic E-state index is 14.4. The molecular formula is C19H20F2N2O2. The van der Waals surface area contributed by atoms with Crippen molar-refractivity contribution < 1.29 is 18.3 Å². The number of fused-ring (bicyclic) bond motifs is 1. The smallest absolute Gasteiger partial charge is 0.356 e. The van der Waals surface area contributed by atoms with Gasteiger partial charge in [-0.25, -0.2) is 18.6 Å². The number of esters is 1. The summed E-state index contributed by atoms with van der Waals surface area (Å²) in [4.78, 5) is 16.7. The molecule has 0 amide bonds. The highest BCUT2D eigenvalue weighted by atomic mass is 19.1. The molecule has 6 heteroatoms. The van der Waals surface area contributed by atoms with Gasteiger partial charge in [0.05, 0.1) is 17.8 Å². The van der Waals surface area contributed by atoms with Crippen molar-refractivity contribution in [1.82, 2.24) is 10.3 Å². The Labute approximate surface area is 145 Å². The van der Waals surface area contributed by atoms with Crippen LogP contribution < -0.4 is 5.32 Å². The lowest BCUT2D eigenvalue weighted by Crippen LogP contribution is -2.44. The van der Waals surface area contributed by atoms with Gasteiger partial charge in [-0.1, -0.05) is 0 Å². The molecule has 0 saturated carbocycles. The highest BCUT2D eigenvalue weighted by molar-refractivity contribution is 5.89. The molecule has 0 fully saturated rings. The van der Waals surface area contributed by atoms with E-state index in [9.17, 15) is 13.6 Å². The van der Waals surface area contributed by atoms with Crippen LogP contribution in [0.4, 0.5) is 8.78 Å². The van der Waals surface area contributed by atoms with Gasteiger partial charge in [-0.2, -0.15) is 0 Å². The van der Waals surface area contributed by atoms with Gasteiger partial charge in [0.15, 0.2) is 0 Å². The Morgan fingerprint density at radius 1 is 1.28 bits per heavy atom. The van der Waals surface area contributed by atoms with Gasteiger partial charge in [0.2, 0.25) is 0 Å². The van der Waals surface area contributed by atoms with E-state index in [1.54, 1.807) is 6.92 Å². The fourth-order valence-corrected chi connectivity index (χ4v) is 3.18. The zero-order chi connectivity index (χ0) is 18.2. The van der Waals surface area contributed by atoms with Gasteiger partial charge in [-0.05, 0) is 56.5 Å². The molecule has 0 unspecified atom stereocenters. The molecule has 2 heterocycles. The summed E-state index contributed by atoms with van der Waals surface area (Å²) < 4.78 is 32.7. The summed E-state index contributed by atoms with van der Waals surface area (Å²) >= 11 is 0. The third-order valence-electron chi connectivity index (χ3n) is 4.36. The summed E-state index contributed by atoms with van der Waals surface area (Å²) in [6.45, 7) is 6.55. The standard InChI is InChI=1S/C19H20F2N2O2/c1-4-25-18(24)16-10-14(12-6-5-11(20)9-15(12)21)13-7-8-22-19(2,3)17(13)23-16/h5-6,9-10,22H,4,7-8H2,1-3H3. The molecule has 0 bridgehead atoms. The van der Waals surface area contributed by atoms with Gasteiger partial charge < -0.3 is 10.1 Å². The number of benzene rings is 1. The average Bonchev–Trinajstić information content (AvgIpc) is 2.54. The first-order valence-corrected chi connectivity index (χ1v) is 8.25. The lowest BCUT2D eigenvalue weighted by atomic mass is 9.85. The number of rotatable bonds is 3. The highest BCUT2D eigenvalue weighted by Crippen LogP contribution is 2.35. The average molecular weight is 346 g/mol. The van der Waals surface area contributed by atoms with Crippen molar-refractivity contribution in [2.24, 2.45) is 0 Å². The summed E-state index contributed by atoms with van der Waals surface area (Å²) in [7, 11) is 0. The molecule has 4 nitrogen and oxygen atoms in total. The molecule has 2 aromatic rings. The largest absolute Gasteiger partial charge is 0.461 e.